The smallest absolute Gasteiger partial charge is 0.128 e. The zero-order valence-electron chi connectivity index (χ0n) is 12.6. The van der Waals surface area contributed by atoms with Gasteiger partial charge in [-0.25, -0.2) is 4.98 Å². The van der Waals surface area contributed by atoms with Gasteiger partial charge in [-0.3, -0.25) is 0 Å². The number of hydrogen-bond donors (Lipinski definition) is 1. The Balaban J connectivity index is 1.94. The summed E-state index contributed by atoms with van der Waals surface area (Å²) in [4.78, 5) is 8.47. The van der Waals surface area contributed by atoms with Crippen LogP contribution >= 0.6 is 0 Å². The second-order valence-electron chi connectivity index (χ2n) is 5.21. The van der Waals surface area contributed by atoms with Gasteiger partial charge in [0.25, 0.3) is 0 Å². The van der Waals surface area contributed by atoms with Gasteiger partial charge in [0, 0.05) is 40.4 Å². The lowest BCUT2D eigenvalue weighted by Gasteiger charge is -2.14. The SMILES string of the molecule is CN(C)c1ccc(CNc2ccc(N(C)C)nc2)cc1. The van der Waals surface area contributed by atoms with Crippen molar-refractivity contribution in [2.75, 3.05) is 43.3 Å². The second kappa shape index (κ2) is 6.28. The van der Waals surface area contributed by atoms with E-state index < -0.39 is 0 Å². The van der Waals surface area contributed by atoms with Crippen LogP contribution in [0.5, 0.6) is 0 Å². The van der Waals surface area contributed by atoms with E-state index in [1.807, 2.05) is 45.4 Å². The third-order valence-corrected chi connectivity index (χ3v) is 3.16. The van der Waals surface area contributed by atoms with Crippen LogP contribution in [0.2, 0.25) is 0 Å². The lowest BCUT2D eigenvalue weighted by Crippen LogP contribution is -2.10. The van der Waals surface area contributed by atoms with Crippen LogP contribution in [0.3, 0.4) is 0 Å². The van der Waals surface area contributed by atoms with E-state index >= 15 is 0 Å². The average molecular weight is 270 g/mol. The van der Waals surface area contributed by atoms with Gasteiger partial charge in [-0.15, -0.1) is 0 Å². The highest BCUT2D eigenvalue weighted by Gasteiger charge is 1.99. The van der Waals surface area contributed by atoms with Crippen molar-refractivity contribution >= 4 is 17.2 Å². The number of hydrogen-bond acceptors (Lipinski definition) is 4. The molecule has 0 aliphatic rings. The van der Waals surface area contributed by atoms with Crippen molar-refractivity contribution in [2.45, 2.75) is 6.54 Å². The van der Waals surface area contributed by atoms with Gasteiger partial charge in [0.15, 0.2) is 0 Å². The summed E-state index contributed by atoms with van der Waals surface area (Å²) in [7, 11) is 8.07. The molecular weight excluding hydrogens is 248 g/mol. The molecule has 0 fully saturated rings. The number of nitrogens with zero attached hydrogens (tertiary/aromatic N) is 3. The van der Waals surface area contributed by atoms with Crippen molar-refractivity contribution in [1.29, 1.82) is 0 Å². The van der Waals surface area contributed by atoms with Crippen molar-refractivity contribution in [2.24, 2.45) is 0 Å². The summed E-state index contributed by atoms with van der Waals surface area (Å²) in [5.41, 5.74) is 3.50. The lowest BCUT2D eigenvalue weighted by molar-refractivity contribution is 1.06. The van der Waals surface area contributed by atoms with Gasteiger partial charge < -0.3 is 15.1 Å². The maximum absolute atomic E-state index is 4.38. The van der Waals surface area contributed by atoms with Crippen molar-refractivity contribution in [3.8, 4) is 0 Å². The Hall–Kier alpha value is -2.23. The number of nitrogens with one attached hydrogen (secondary N) is 1. The minimum absolute atomic E-state index is 0.802. The lowest BCUT2D eigenvalue weighted by atomic mass is 10.2. The van der Waals surface area contributed by atoms with Crippen molar-refractivity contribution in [1.82, 2.24) is 4.98 Å². The third-order valence-electron chi connectivity index (χ3n) is 3.16. The van der Waals surface area contributed by atoms with E-state index in [1.165, 1.54) is 11.3 Å². The molecule has 0 spiro atoms. The van der Waals surface area contributed by atoms with Crippen LogP contribution in [0.15, 0.2) is 42.6 Å². The van der Waals surface area contributed by atoms with Crippen LogP contribution in [0.25, 0.3) is 0 Å². The largest absolute Gasteiger partial charge is 0.380 e. The van der Waals surface area contributed by atoms with Crippen LogP contribution in [0.4, 0.5) is 17.2 Å². The van der Waals surface area contributed by atoms with Crippen molar-refractivity contribution in [3.63, 3.8) is 0 Å². The first-order valence-corrected chi connectivity index (χ1v) is 6.70. The van der Waals surface area contributed by atoms with Gasteiger partial charge in [0.2, 0.25) is 0 Å². The van der Waals surface area contributed by atoms with Gasteiger partial charge in [0.1, 0.15) is 5.82 Å². The summed E-state index contributed by atoms with van der Waals surface area (Å²) in [6.45, 7) is 0.802. The van der Waals surface area contributed by atoms with Crippen molar-refractivity contribution in [3.05, 3.63) is 48.2 Å². The predicted molar refractivity (Wildman–Crippen MR) is 86.7 cm³/mol. The first-order chi connectivity index (χ1) is 9.56. The Morgan fingerprint density at radius 2 is 1.60 bits per heavy atom. The molecule has 2 aromatic rings. The van der Waals surface area contributed by atoms with E-state index in [0.29, 0.717) is 0 Å². The van der Waals surface area contributed by atoms with Crippen LogP contribution < -0.4 is 15.1 Å². The Morgan fingerprint density at radius 1 is 0.900 bits per heavy atom. The summed E-state index contributed by atoms with van der Waals surface area (Å²) in [6.07, 6.45) is 1.86. The van der Waals surface area contributed by atoms with E-state index in [9.17, 15) is 0 Å². The third kappa shape index (κ3) is 3.63. The first kappa shape index (κ1) is 14.2. The zero-order valence-corrected chi connectivity index (χ0v) is 12.6. The number of benzene rings is 1. The molecule has 1 aromatic carbocycles. The summed E-state index contributed by atoms with van der Waals surface area (Å²) in [5.74, 6) is 0.964. The fourth-order valence-electron chi connectivity index (χ4n) is 1.87. The Labute approximate surface area is 121 Å². The number of aromatic nitrogens is 1. The van der Waals surface area contributed by atoms with Gasteiger partial charge in [-0.1, -0.05) is 12.1 Å². The highest BCUT2D eigenvalue weighted by molar-refractivity contribution is 5.49. The molecular formula is C16H22N4. The second-order valence-corrected chi connectivity index (χ2v) is 5.21. The van der Waals surface area contributed by atoms with Gasteiger partial charge in [0.05, 0.1) is 11.9 Å². The van der Waals surface area contributed by atoms with Crippen LogP contribution in [0.1, 0.15) is 5.56 Å². The first-order valence-electron chi connectivity index (χ1n) is 6.70. The van der Waals surface area contributed by atoms with E-state index in [0.717, 1.165) is 18.1 Å². The van der Waals surface area contributed by atoms with Crippen LogP contribution in [0, 0.1) is 0 Å². The van der Waals surface area contributed by atoms with Gasteiger partial charge in [-0.2, -0.15) is 0 Å². The molecule has 0 aliphatic heterocycles. The minimum atomic E-state index is 0.802. The van der Waals surface area contributed by atoms with Crippen molar-refractivity contribution < 1.29 is 0 Å². The number of pyridine rings is 1. The van der Waals surface area contributed by atoms with Crippen LogP contribution in [-0.4, -0.2) is 33.2 Å². The fraction of sp³-hybridized carbons (Fsp3) is 0.312. The van der Waals surface area contributed by atoms with Gasteiger partial charge in [-0.05, 0) is 29.8 Å². The molecule has 0 radical (unpaired) electrons. The molecule has 0 saturated carbocycles. The molecule has 1 heterocycles. The molecule has 0 amide bonds. The number of anilines is 3. The van der Waals surface area contributed by atoms with E-state index in [1.54, 1.807) is 0 Å². The molecule has 0 bridgehead atoms. The maximum atomic E-state index is 4.38. The van der Waals surface area contributed by atoms with Gasteiger partial charge >= 0.3 is 0 Å². The molecule has 0 aliphatic carbocycles. The van der Waals surface area contributed by atoms with Crippen LogP contribution in [-0.2, 0) is 6.54 Å². The van der Waals surface area contributed by atoms with E-state index in [2.05, 4.69) is 45.5 Å². The summed E-state index contributed by atoms with van der Waals surface area (Å²) in [6, 6.07) is 12.6. The molecule has 1 aromatic heterocycles. The molecule has 20 heavy (non-hydrogen) atoms. The Bertz CT molecular complexity index is 478. The molecule has 1 N–H and O–H groups in total. The Kier molecular flexibility index (Phi) is 4.45. The zero-order chi connectivity index (χ0) is 14.5. The average Bonchev–Trinajstić information content (AvgIpc) is 2.46. The molecule has 106 valence electrons. The molecule has 0 unspecified atom stereocenters. The topological polar surface area (TPSA) is 31.4 Å². The highest BCUT2D eigenvalue weighted by Crippen LogP contribution is 2.15. The molecule has 2 rings (SSSR count). The molecule has 0 saturated heterocycles. The fourth-order valence-corrected chi connectivity index (χ4v) is 1.87. The summed E-state index contributed by atoms with van der Waals surface area (Å²) >= 11 is 0. The predicted octanol–water partition coefficient (Wildman–Crippen LogP) is 2.83. The molecule has 4 heteroatoms. The molecule has 4 nitrogen and oxygen atoms in total. The summed E-state index contributed by atoms with van der Waals surface area (Å²) in [5, 5.41) is 3.38. The van der Waals surface area contributed by atoms with E-state index in [-0.39, 0.29) is 0 Å². The monoisotopic (exact) mass is 270 g/mol. The summed E-state index contributed by atoms with van der Waals surface area (Å²) < 4.78 is 0. The molecule has 0 atom stereocenters. The maximum Gasteiger partial charge on any atom is 0.128 e. The minimum Gasteiger partial charge on any atom is -0.380 e. The highest BCUT2D eigenvalue weighted by atomic mass is 15.1. The van der Waals surface area contributed by atoms with E-state index in [4.69, 9.17) is 0 Å². The number of rotatable bonds is 5. The Morgan fingerprint density at radius 3 is 2.10 bits per heavy atom. The standard InChI is InChI=1S/C16H22N4/c1-19(2)15-8-5-13(6-9-15)11-17-14-7-10-16(18-12-14)20(3)4/h5-10,12,17H,11H2,1-4H3. The normalized spacial score (nSPS) is 10.2. The quantitative estimate of drug-likeness (QED) is 0.905.